The van der Waals surface area contributed by atoms with Crippen LogP contribution in [0.4, 0.5) is 8.78 Å². The molecule has 1 atom stereocenters. The standard InChI is InChI=1S/C22H22F2N2O/c1-6-9-16-17(13-26-22(16)14(4)5)15-11-12-18(21(24)20(15)23)27-19(10-7-2)25-8-3/h6-13,16H,3-4H2,1-2,5H3/b9-6-,10-7-,25-19+. The fraction of sp³-hybridized carbons (Fsp3) is 0.182. The van der Waals surface area contributed by atoms with Gasteiger partial charge in [-0.3, -0.25) is 4.99 Å². The van der Waals surface area contributed by atoms with Crippen molar-refractivity contribution in [1.82, 2.24) is 0 Å². The molecule has 1 aliphatic heterocycles. The Morgan fingerprint density at radius 3 is 2.56 bits per heavy atom. The van der Waals surface area contributed by atoms with E-state index in [2.05, 4.69) is 23.1 Å². The highest BCUT2D eigenvalue weighted by Crippen LogP contribution is 2.36. The molecule has 1 aliphatic rings. The molecule has 0 saturated carbocycles. The maximum absolute atomic E-state index is 14.8. The second kappa shape index (κ2) is 9.03. The molecular formula is C22H22F2N2O. The van der Waals surface area contributed by atoms with Gasteiger partial charge >= 0.3 is 0 Å². The molecule has 0 amide bonds. The lowest BCUT2D eigenvalue weighted by Gasteiger charge is -2.16. The molecule has 0 radical (unpaired) electrons. The van der Waals surface area contributed by atoms with E-state index in [1.807, 2.05) is 26.0 Å². The molecule has 1 unspecified atom stereocenters. The summed E-state index contributed by atoms with van der Waals surface area (Å²) in [5.74, 6) is -2.49. The Balaban J connectivity index is 2.42. The van der Waals surface area contributed by atoms with Crippen molar-refractivity contribution in [3.63, 3.8) is 0 Å². The first-order chi connectivity index (χ1) is 12.9. The molecule has 1 aromatic rings. The fourth-order valence-corrected chi connectivity index (χ4v) is 2.73. The SMILES string of the molecule is C=C/N=C(\C=C/C)Oc1ccc(C2=CN=C(C(=C)C)C2/C=C\C)c(F)c1F. The Morgan fingerprint density at radius 2 is 1.96 bits per heavy atom. The van der Waals surface area contributed by atoms with E-state index in [0.717, 1.165) is 11.3 Å². The summed E-state index contributed by atoms with van der Waals surface area (Å²) in [4.78, 5) is 8.21. The van der Waals surface area contributed by atoms with E-state index in [-0.39, 0.29) is 23.1 Å². The predicted octanol–water partition coefficient (Wildman–Crippen LogP) is 6.03. The molecule has 0 aromatic heterocycles. The molecule has 0 fully saturated rings. The first-order valence-electron chi connectivity index (χ1n) is 8.48. The van der Waals surface area contributed by atoms with Crippen LogP contribution in [-0.4, -0.2) is 11.6 Å². The fourth-order valence-electron chi connectivity index (χ4n) is 2.73. The van der Waals surface area contributed by atoms with Gasteiger partial charge in [0.2, 0.25) is 11.7 Å². The third-order valence-corrected chi connectivity index (χ3v) is 3.89. The average Bonchev–Trinajstić information content (AvgIpc) is 3.04. The number of ether oxygens (including phenoxy) is 1. The van der Waals surface area contributed by atoms with Gasteiger partial charge < -0.3 is 4.74 Å². The van der Waals surface area contributed by atoms with Crippen molar-refractivity contribution in [2.45, 2.75) is 20.8 Å². The van der Waals surface area contributed by atoms with Crippen LogP contribution in [0.15, 0.2) is 77.6 Å². The van der Waals surface area contributed by atoms with Crippen molar-refractivity contribution in [3.05, 3.63) is 84.8 Å². The van der Waals surface area contributed by atoms with E-state index in [9.17, 15) is 8.78 Å². The van der Waals surface area contributed by atoms with Crippen molar-refractivity contribution in [1.29, 1.82) is 0 Å². The van der Waals surface area contributed by atoms with Crippen molar-refractivity contribution in [2.24, 2.45) is 15.9 Å². The summed E-state index contributed by atoms with van der Waals surface area (Å²) in [6.45, 7) is 12.8. The topological polar surface area (TPSA) is 34.0 Å². The van der Waals surface area contributed by atoms with Crippen LogP contribution in [-0.2, 0) is 0 Å². The minimum absolute atomic E-state index is 0.110. The van der Waals surface area contributed by atoms with Gasteiger partial charge in [0, 0.05) is 23.9 Å². The number of halogens is 2. The molecule has 1 heterocycles. The summed E-state index contributed by atoms with van der Waals surface area (Å²) in [5, 5.41) is 0. The molecular weight excluding hydrogens is 346 g/mol. The van der Waals surface area contributed by atoms with Crippen LogP contribution in [0.1, 0.15) is 26.3 Å². The first-order valence-corrected chi connectivity index (χ1v) is 8.48. The van der Waals surface area contributed by atoms with Gasteiger partial charge in [-0.2, -0.15) is 4.39 Å². The summed E-state index contributed by atoms with van der Waals surface area (Å²) in [5.41, 5.74) is 2.22. The molecule has 3 nitrogen and oxygen atoms in total. The summed E-state index contributed by atoms with van der Waals surface area (Å²) in [7, 11) is 0. The number of rotatable bonds is 6. The first kappa shape index (κ1) is 20.2. The van der Waals surface area contributed by atoms with Gasteiger partial charge in [0.05, 0.1) is 5.71 Å². The van der Waals surface area contributed by atoms with E-state index in [0.29, 0.717) is 5.57 Å². The van der Waals surface area contributed by atoms with Gasteiger partial charge in [0.1, 0.15) is 0 Å². The summed E-state index contributed by atoms with van der Waals surface area (Å²) < 4.78 is 34.8. The molecule has 140 valence electrons. The molecule has 0 bridgehead atoms. The molecule has 0 aliphatic carbocycles. The number of aliphatic imine (C=N–C) groups is 2. The lowest BCUT2D eigenvalue weighted by atomic mass is 9.88. The van der Waals surface area contributed by atoms with Gasteiger partial charge in [0.25, 0.3) is 0 Å². The molecule has 0 spiro atoms. The lowest BCUT2D eigenvalue weighted by Crippen LogP contribution is -2.13. The monoisotopic (exact) mass is 368 g/mol. The molecule has 1 aromatic carbocycles. The lowest BCUT2D eigenvalue weighted by molar-refractivity contribution is 0.447. The smallest absolute Gasteiger partial charge is 0.218 e. The van der Waals surface area contributed by atoms with E-state index >= 15 is 0 Å². The van der Waals surface area contributed by atoms with Crippen molar-refractivity contribution in [3.8, 4) is 5.75 Å². The number of hydrogen-bond acceptors (Lipinski definition) is 3. The van der Waals surface area contributed by atoms with Crippen molar-refractivity contribution in [2.75, 3.05) is 0 Å². The highest BCUT2D eigenvalue weighted by atomic mass is 19.2. The largest absolute Gasteiger partial charge is 0.436 e. The maximum Gasteiger partial charge on any atom is 0.218 e. The van der Waals surface area contributed by atoms with Crippen LogP contribution < -0.4 is 4.74 Å². The zero-order valence-electron chi connectivity index (χ0n) is 15.7. The third-order valence-electron chi connectivity index (χ3n) is 3.89. The highest BCUT2D eigenvalue weighted by Gasteiger charge is 2.28. The number of hydrogen-bond donors (Lipinski definition) is 0. The maximum atomic E-state index is 14.8. The molecule has 0 saturated heterocycles. The minimum Gasteiger partial charge on any atom is -0.436 e. The van der Waals surface area contributed by atoms with E-state index in [4.69, 9.17) is 4.74 Å². The predicted molar refractivity (Wildman–Crippen MR) is 108 cm³/mol. The Labute approximate surface area is 158 Å². The van der Waals surface area contributed by atoms with Crippen molar-refractivity contribution < 1.29 is 13.5 Å². The van der Waals surface area contributed by atoms with Crippen molar-refractivity contribution >= 4 is 17.2 Å². The Morgan fingerprint density at radius 1 is 1.22 bits per heavy atom. The van der Waals surface area contributed by atoms with E-state index in [1.165, 1.54) is 24.4 Å². The van der Waals surface area contributed by atoms with Crippen LogP contribution in [0.2, 0.25) is 0 Å². The summed E-state index contributed by atoms with van der Waals surface area (Å²) >= 11 is 0. The van der Waals surface area contributed by atoms with Crippen LogP contribution in [0.25, 0.3) is 5.57 Å². The Kier molecular flexibility index (Phi) is 6.77. The quantitative estimate of drug-likeness (QED) is 0.343. The second-order valence-electron chi connectivity index (χ2n) is 5.87. The van der Waals surface area contributed by atoms with E-state index in [1.54, 1.807) is 19.2 Å². The Bertz CT molecular complexity index is 905. The highest BCUT2D eigenvalue weighted by molar-refractivity contribution is 6.11. The number of nitrogens with zero attached hydrogens (tertiary/aromatic N) is 2. The molecule has 27 heavy (non-hydrogen) atoms. The van der Waals surface area contributed by atoms with Crippen LogP contribution in [0.3, 0.4) is 0 Å². The molecule has 2 rings (SSSR count). The number of allylic oxidation sites excluding steroid dienone is 5. The number of benzene rings is 1. The van der Waals surface area contributed by atoms with Crippen LogP contribution in [0.5, 0.6) is 5.75 Å². The van der Waals surface area contributed by atoms with Gasteiger partial charge in [-0.25, -0.2) is 9.38 Å². The van der Waals surface area contributed by atoms with Crippen LogP contribution in [0, 0.1) is 17.6 Å². The third kappa shape index (κ3) is 4.37. The van der Waals surface area contributed by atoms with Gasteiger partial charge in [0.15, 0.2) is 11.6 Å². The minimum atomic E-state index is -1.09. The Hall–Kier alpha value is -3.08. The summed E-state index contributed by atoms with van der Waals surface area (Å²) in [6, 6.07) is 2.86. The average molecular weight is 368 g/mol. The molecule has 5 heteroatoms. The van der Waals surface area contributed by atoms with Crippen LogP contribution >= 0.6 is 0 Å². The zero-order valence-corrected chi connectivity index (χ0v) is 15.7. The van der Waals surface area contributed by atoms with Gasteiger partial charge in [-0.15, -0.1) is 0 Å². The zero-order chi connectivity index (χ0) is 20.0. The second-order valence-corrected chi connectivity index (χ2v) is 5.87. The summed E-state index contributed by atoms with van der Waals surface area (Å²) in [6.07, 6.45) is 9.75. The molecule has 0 N–H and O–H groups in total. The van der Waals surface area contributed by atoms with E-state index < -0.39 is 11.6 Å². The van der Waals surface area contributed by atoms with Gasteiger partial charge in [-0.05, 0) is 50.1 Å². The van der Waals surface area contributed by atoms with Gasteiger partial charge in [-0.1, -0.05) is 31.4 Å². The normalized spacial score (nSPS) is 17.4.